The van der Waals surface area contributed by atoms with Gasteiger partial charge in [-0.05, 0) is 68.8 Å². The van der Waals surface area contributed by atoms with E-state index in [1.807, 2.05) is 0 Å². The van der Waals surface area contributed by atoms with Crippen LogP contribution in [0.2, 0.25) is 0 Å². The van der Waals surface area contributed by atoms with E-state index in [-0.39, 0.29) is 0 Å². The Morgan fingerprint density at radius 1 is 1.13 bits per heavy atom. The van der Waals surface area contributed by atoms with Crippen molar-refractivity contribution >= 4 is 0 Å². The lowest BCUT2D eigenvalue weighted by molar-refractivity contribution is 0.601. The normalized spacial score (nSPS) is 20.9. The van der Waals surface area contributed by atoms with Crippen molar-refractivity contribution in [1.82, 2.24) is 5.32 Å². The van der Waals surface area contributed by atoms with Gasteiger partial charge in [-0.2, -0.15) is 0 Å². The average Bonchev–Trinajstić information content (AvgIpc) is 2.67. The molecule has 0 aliphatic carbocycles. The van der Waals surface area contributed by atoms with Gasteiger partial charge in [0.25, 0.3) is 0 Å². The molecule has 1 aromatic carbocycles. The first-order chi connectivity index (χ1) is 7.16. The summed E-state index contributed by atoms with van der Waals surface area (Å²) < 4.78 is 0. The van der Waals surface area contributed by atoms with E-state index in [0.717, 1.165) is 0 Å². The third-order valence-electron chi connectivity index (χ3n) is 3.58. The molecule has 0 amide bonds. The van der Waals surface area contributed by atoms with Gasteiger partial charge in [-0.25, -0.2) is 0 Å². The molecule has 0 aromatic heterocycles. The van der Waals surface area contributed by atoms with E-state index >= 15 is 0 Å². The lowest BCUT2D eigenvalue weighted by Gasteiger charge is -2.14. The van der Waals surface area contributed by atoms with Crippen LogP contribution < -0.4 is 5.32 Å². The Morgan fingerprint density at radius 3 is 2.53 bits per heavy atom. The van der Waals surface area contributed by atoms with Crippen molar-refractivity contribution in [3.8, 4) is 0 Å². The van der Waals surface area contributed by atoms with Crippen LogP contribution in [0, 0.1) is 20.8 Å². The Labute approximate surface area is 92.9 Å². The van der Waals surface area contributed by atoms with E-state index in [2.05, 4.69) is 38.2 Å². The summed E-state index contributed by atoms with van der Waals surface area (Å²) in [6.07, 6.45) is 3.88. The van der Waals surface area contributed by atoms with Crippen LogP contribution in [0.4, 0.5) is 0 Å². The highest BCUT2D eigenvalue weighted by atomic mass is 14.9. The van der Waals surface area contributed by atoms with E-state index in [4.69, 9.17) is 0 Å². The minimum Gasteiger partial charge on any atom is -0.314 e. The number of nitrogens with one attached hydrogen (secondary N) is 1. The first kappa shape index (κ1) is 10.7. The van der Waals surface area contributed by atoms with Crippen molar-refractivity contribution < 1.29 is 0 Å². The van der Waals surface area contributed by atoms with Crippen LogP contribution in [-0.4, -0.2) is 12.6 Å². The summed E-state index contributed by atoms with van der Waals surface area (Å²) in [5.74, 6) is 0. The van der Waals surface area contributed by atoms with Crippen LogP contribution in [0.1, 0.15) is 35.1 Å². The lowest BCUT2D eigenvalue weighted by atomic mass is 9.95. The average molecular weight is 203 g/mol. The molecule has 1 aliphatic rings. The smallest absolute Gasteiger partial charge is 0.0108 e. The minimum absolute atomic E-state index is 0.714. The number of hydrogen-bond acceptors (Lipinski definition) is 1. The molecule has 0 unspecified atom stereocenters. The molecule has 1 atom stereocenters. The maximum atomic E-state index is 3.57. The molecule has 1 aromatic rings. The van der Waals surface area contributed by atoms with Crippen LogP contribution in [0.25, 0.3) is 0 Å². The Morgan fingerprint density at radius 2 is 1.87 bits per heavy atom. The Hall–Kier alpha value is -0.820. The predicted octanol–water partition coefficient (Wildman–Crippen LogP) is 2.91. The van der Waals surface area contributed by atoms with Gasteiger partial charge >= 0.3 is 0 Å². The summed E-state index contributed by atoms with van der Waals surface area (Å²) in [4.78, 5) is 0. The Kier molecular flexibility index (Phi) is 3.11. The zero-order valence-corrected chi connectivity index (χ0v) is 10.1. The van der Waals surface area contributed by atoms with E-state index in [0.29, 0.717) is 6.04 Å². The third kappa shape index (κ3) is 2.40. The summed E-state index contributed by atoms with van der Waals surface area (Å²) in [6, 6.07) is 5.40. The predicted molar refractivity (Wildman–Crippen MR) is 65.4 cm³/mol. The highest BCUT2D eigenvalue weighted by molar-refractivity contribution is 5.36. The summed E-state index contributed by atoms with van der Waals surface area (Å²) in [5, 5.41) is 3.57. The van der Waals surface area contributed by atoms with Gasteiger partial charge in [-0.1, -0.05) is 12.1 Å². The van der Waals surface area contributed by atoms with Crippen LogP contribution in [0.3, 0.4) is 0 Å². The molecule has 15 heavy (non-hydrogen) atoms. The van der Waals surface area contributed by atoms with Gasteiger partial charge < -0.3 is 5.32 Å². The van der Waals surface area contributed by atoms with Gasteiger partial charge in [0.2, 0.25) is 0 Å². The van der Waals surface area contributed by atoms with Crippen LogP contribution >= 0.6 is 0 Å². The molecular formula is C14H21N. The van der Waals surface area contributed by atoms with Gasteiger partial charge in [0, 0.05) is 6.04 Å². The molecular weight excluding hydrogens is 182 g/mol. The monoisotopic (exact) mass is 203 g/mol. The second-order valence-corrected chi connectivity index (χ2v) is 4.86. The van der Waals surface area contributed by atoms with Crippen molar-refractivity contribution in [2.45, 2.75) is 46.1 Å². The van der Waals surface area contributed by atoms with Gasteiger partial charge in [0.1, 0.15) is 0 Å². The van der Waals surface area contributed by atoms with Gasteiger partial charge in [-0.15, -0.1) is 0 Å². The maximum absolute atomic E-state index is 3.57. The number of hydrogen-bond donors (Lipinski definition) is 1. The van der Waals surface area contributed by atoms with Crippen molar-refractivity contribution in [2.75, 3.05) is 6.54 Å². The van der Waals surface area contributed by atoms with Crippen molar-refractivity contribution in [1.29, 1.82) is 0 Å². The minimum atomic E-state index is 0.714. The SMILES string of the molecule is Cc1cc(C)c(C[C@H]2CCCN2)cc1C. The van der Waals surface area contributed by atoms with Crippen LogP contribution in [0.5, 0.6) is 0 Å². The molecule has 1 heteroatoms. The number of rotatable bonds is 2. The maximum Gasteiger partial charge on any atom is 0.0108 e. The molecule has 0 bridgehead atoms. The molecule has 0 saturated carbocycles. The van der Waals surface area contributed by atoms with Gasteiger partial charge in [-0.3, -0.25) is 0 Å². The van der Waals surface area contributed by atoms with Crippen LogP contribution in [-0.2, 0) is 6.42 Å². The van der Waals surface area contributed by atoms with E-state index in [1.54, 1.807) is 0 Å². The second kappa shape index (κ2) is 4.36. The molecule has 1 nitrogen and oxygen atoms in total. The quantitative estimate of drug-likeness (QED) is 0.779. The molecule has 1 aliphatic heterocycles. The molecule has 82 valence electrons. The van der Waals surface area contributed by atoms with E-state index < -0.39 is 0 Å². The largest absolute Gasteiger partial charge is 0.314 e. The molecule has 0 spiro atoms. The molecule has 2 rings (SSSR count). The molecule has 1 heterocycles. The highest BCUT2D eigenvalue weighted by Gasteiger charge is 2.15. The molecule has 1 N–H and O–H groups in total. The van der Waals surface area contributed by atoms with Crippen LogP contribution in [0.15, 0.2) is 12.1 Å². The van der Waals surface area contributed by atoms with Crippen molar-refractivity contribution in [3.05, 3.63) is 34.4 Å². The highest BCUT2D eigenvalue weighted by Crippen LogP contribution is 2.19. The summed E-state index contributed by atoms with van der Waals surface area (Å²) in [5.41, 5.74) is 5.81. The van der Waals surface area contributed by atoms with Crippen molar-refractivity contribution in [2.24, 2.45) is 0 Å². The fourth-order valence-corrected chi connectivity index (χ4v) is 2.44. The molecule has 0 radical (unpaired) electrons. The standard InChI is InChI=1S/C14H21N/c1-10-7-12(3)13(8-11(10)2)9-14-5-4-6-15-14/h7-8,14-15H,4-6,9H2,1-3H3/t14-/m1/s1. The first-order valence-electron chi connectivity index (χ1n) is 5.97. The zero-order chi connectivity index (χ0) is 10.8. The topological polar surface area (TPSA) is 12.0 Å². The van der Waals surface area contributed by atoms with E-state index in [9.17, 15) is 0 Å². The number of benzene rings is 1. The fourth-order valence-electron chi connectivity index (χ4n) is 2.44. The summed E-state index contributed by atoms with van der Waals surface area (Å²) >= 11 is 0. The van der Waals surface area contributed by atoms with Gasteiger partial charge in [0.15, 0.2) is 0 Å². The molecule has 1 saturated heterocycles. The Balaban J connectivity index is 2.16. The lowest BCUT2D eigenvalue weighted by Crippen LogP contribution is -2.24. The Bertz CT molecular complexity index is 349. The van der Waals surface area contributed by atoms with E-state index in [1.165, 1.54) is 48.1 Å². The zero-order valence-electron chi connectivity index (χ0n) is 10.1. The summed E-state index contributed by atoms with van der Waals surface area (Å²) in [7, 11) is 0. The van der Waals surface area contributed by atoms with Crippen molar-refractivity contribution in [3.63, 3.8) is 0 Å². The number of aryl methyl sites for hydroxylation is 3. The first-order valence-corrected chi connectivity index (χ1v) is 5.97. The fraction of sp³-hybridized carbons (Fsp3) is 0.571. The summed E-state index contributed by atoms with van der Waals surface area (Å²) in [6.45, 7) is 7.84. The second-order valence-electron chi connectivity index (χ2n) is 4.86. The molecule has 1 fully saturated rings. The third-order valence-corrected chi connectivity index (χ3v) is 3.58. The van der Waals surface area contributed by atoms with Gasteiger partial charge in [0.05, 0.1) is 0 Å².